The van der Waals surface area contributed by atoms with Crippen LogP contribution in [-0.4, -0.2) is 18.0 Å². The summed E-state index contributed by atoms with van der Waals surface area (Å²) < 4.78 is 55.0. The van der Waals surface area contributed by atoms with E-state index in [-0.39, 0.29) is 4.90 Å². The molecule has 5 nitrogen and oxygen atoms in total. The van der Waals surface area contributed by atoms with Crippen LogP contribution in [0.2, 0.25) is 0 Å². The summed E-state index contributed by atoms with van der Waals surface area (Å²) in [5.41, 5.74) is 7.47. The second-order valence-corrected chi connectivity index (χ2v) is 7.30. The minimum absolute atomic E-state index is 0.0666. The molecule has 0 aliphatic carbocycles. The Bertz CT molecular complexity index is 971. The molecular formula is C16H14F2N2O3S2. The highest BCUT2D eigenvalue weighted by Crippen LogP contribution is 2.24. The van der Waals surface area contributed by atoms with E-state index in [4.69, 9.17) is 10.3 Å². The second-order valence-electron chi connectivity index (χ2n) is 4.99. The van der Waals surface area contributed by atoms with Crippen LogP contribution in [0, 0.1) is 18.6 Å². The van der Waals surface area contributed by atoms with Gasteiger partial charge in [0.1, 0.15) is 0 Å². The first-order valence-corrected chi connectivity index (χ1v) is 9.19. The number of nitrogens with zero attached hydrogens (tertiary/aromatic N) is 1. The molecule has 0 saturated heterocycles. The molecule has 0 amide bonds. The highest BCUT2D eigenvalue weighted by molar-refractivity contribution is 7.85. The molecule has 0 aliphatic heterocycles. The number of aromatic nitrogens is 1. The monoisotopic (exact) mass is 384 g/mol. The van der Waals surface area contributed by atoms with Crippen molar-refractivity contribution in [3.05, 3.63) is 65.0 Å². The maximum atomic E-state index is 12.8. The number of thiazole rings is 1. The summed E-state index contributed by atoms with van der Waals surface area (Å²) in [6.07, 6.45) is 0. The van der Waals surface area contributed by atoms with Gasteiger partial charge in [-0.1, -0.05) is 17.7 Å². The molecule has 0 saturated carbocycles. The van der Waals surface area contributed by atoms with Gasteiger partial charge in [0.2, 0.25) is 0 Å². The van der Waals surface area contributed by atoms with E-state index < -0.39 is 21.8 Å². The molecule has 0 bridgehead atoms. The summed E-state index contributed by atoms with van der Waals surface area (Å²) in [4.78, 5) is 3.89. The minimum atomic E-state index is -4.02. The minimum Gasteiger partial charge on any atom is -0.375 e. The van der Waals surface area contributed by atoms with Crippen LogP contribution in [0.4, 0.5) is 13.9 Å². The molecule has 0 spiro atoms. The van der Waals surface area contributed by atoms with Crippen LogP contribution >= 0.6 is 11.3 Å². The lowest BCUT2D eigenvalue weighted by Gasteiger charge is -1.97. The van der Waals surface area contributed by atoms with Crippen molar-refractivity contribution < 1.29 is 21.8 Å². The van der Waals surface area contributed by atoms with E-state index in [9.17, 15) is 17.2 Å². The molecule has 25 heavy (non-hydrogen) atoms. The Morgan fingerprint density at radius 2 is 1.72 bits per heavy atom. The third-order valence-corrected chi connectivity index (χ3v) is 4.60. The van der Waals surface area contributed by atoms with Crippen LogP contribution < -0.4 is 5.73 Å². The van der Waals surface area contributed by atoms with Gasteiger partial charge in [0, 0.05) is 10.9 Å². The highest BCUT2D eigenvalue weighted by Gasteiger charge is 2.07. The summed E-state index contributed by atoms with van der Waals surface area (Å²) in [5, 5.41) is 2.10. The summed E-state index contributed by atoms with van der Waals surface area (Å²) in [7, 11) is -4.02. The number of rotatable bonds is 2. The van der Waals surface area contributed by atoms with Crippen LogP contribution in [-0.2, 0) is 10.1 Å². The Morgan fingerprint density at radius 3 is 2.20 bits per heavy atom. The Balaban J connectivity index is 0.000000186. The molecule has 0 atom stereocenters. The lowest BCUT2D eigenvalue weighted by atomic mass is 10.2. The fraction of sp³-hybridized carbons (Fsp3) is 0.0625. The SMILES string of the molecule is Cc1ccc(S(=O)(=O)O)cc1.Nc1nc(-c2ccc(F)c(F)c2)cs1. The number of hydrogen-bond acceptors (Lipinski definition) is 5. The topological polar surface area (TPSA) is 93.3 Å². The van der Waals surface area contributed by atoms with E-state index in [1.165, 1.54) is 29.5 Å². The Labute approximate surface area is 147 Å². The summed E-state index contributed by atoms with van der Waals surface area (Å²) in [5.74, 6) is -1.74. The van der Waals surface area contributed by atoms with Gasteiger partial charge in [-0.05, 0) is 37.3 Å². The predicted molar refractivity (Wildman–Crippen MR) is 92.9 cm³/mol. The van der Waals surface area contributed by atoms with Crippen molar-refractivity contribution in [1.82, 2.24) is 4.98 Å². The van der Waals surface area contributed by atoms with Crippen LogP contribution in [0.3, 0.4) is 0 Å². The van der Waals surface area contributed by atoms with E-state index in [1.807, 2.05) is 6.92 Å². The van der Waals surface area contributed by atoms with Crippen molar-refractivity contribution in [2.45, 2.75) is 11.8 Å². The molecule has 3 aromatic rings. The van der Waals surface area contributed by atoms with E-state index in [1.54, 1.807) is 17.5 Å². The average molecular weight is 384 g/mol. The molecule has 9 heteroatoms. The highest BCUT2D eigenvalue weighted by atomic mass is 32.2. The molecule has 0 aliphatic rings. The van der Waals surface area contributed by atoms with Gasteiger partial charge in [-0.2, -0.15) is 8.42 Å². The van der Waals surface area contributed by atoms with Crippen molar-refractivity contribution >= 4 is 26.6 Å². The number of benzene rings is 2. The lowest BCUT2D eigenvalue weighted by molar-refractivity contribution is 0.483. The summed E-state index contributed by atoms with van der Waals surface area (Å²) in [6.45, 7) is 1.84. The molecule has 1 aromatic heterocycles. The first kappa shape index (κ1) is 19.0. The largest absolute Gasteiger partial charge is 0.375 e. The molecule has 3 N–H and O–H groups in total. The van der Waals surface area contributed by atoms with Gasteiger partial charge in [0.05, 0.1) is 10.6 Å². The quantitative estimate of drug-likeness (QED) is 0.654. The van der Waals surface area contributed by atoms with Gasteiger partial charge in [0.25, 0.3) is 10.1 Å². The van der Waals surface area contributed by atoms with Crippen molar-refractivity contribution in [2.75, 3.05) is 5.73 Å². The van der Waals surface area contributed by atoms with Gasteiger partial charge in [-0.15, -0.1) is 11.3 Å². The second kappa shape index (κ2) is 7.68. The van der Waals surface area contributed by atoms with Gasteiger partial charge < -0.3 is 5.73 Å². The zero-order valence-corrected chi connectivity index (χ0v) is 14.6. The van der Waals surface area contributed by atoms with Crippen LogP contribution in [0.1, 0.15) is 5.56 Å². The summed E-state index contributed by atoms with van der Waals surface area (Å²) >= 11 is 1.26. The van der Waals surface area contributed by atoms with Gasteiger partial charge >= 0.3 is 0 Å². The van der Waals surface area contributed by atoms with Crippen molar-refractivity contribution in [2.24, 2.45) is 0 Å². The first-order chi connectivity index (χ1) is 11.7. The smallest absolute Gasteiger partial charge is 0.294 e. The Kier molecular flexibility index (Phi) is 5.83. The Morgan fingerprint density at radius 1 is 1.08 bits per heavy atom. The Hall–Kier alpha value is -2.36. The van der Waals surface area contributed by atoms with E-state index >= 15 is 0 Å². The average Bonchev–Trinajstić information content (AvgIpc) is 2.97. The molecule has 132 valence electrons. The number of anilines is 1. The third-order valence-electron chi connectivity index (χ3n) is 3.06. The van der Waals surface area contributed by atoms with Gasteiger partial charge in [-0.3, -0.25) is 4.55 Å². The molecule has 0 fully saturated rings. The zero-order chi connectivity index (χ0) is 18.6. The molecule has 1 heterocycles. The van der Waals surface area contributed by atoms with Crippen LogP contribution in [0.15, 0.2) is 52.7 Å². The summed E-state index contributed by atoms with van der Waals surface area (Å²) in [6, 6.07) is 9.62. The van der Waals surface area contributed by atoms with Crippen LogP contribution in [0.5, 0.6) is 0 Å². The number of hydrogen-bond donors (Lipinski definition) is 2. The fourth-order valence-electron chi connectivity index (χ4n) is 1.79. The van der Waals surface area contributed by atoms with Gasteiger partial charge in [0.15, 0.2) is 16.8 Å². The molecule has 0 radical (unpaired) electrons. The number of aryl methyl sites for hydroxylation is 1. The standard InChI is InChI=1S/C9H6F2N2S.C7H8O3S/c10-6-2-1-5(3-7(6)11)8-4-14-9(12)13-8;1-6-2-4-7(5-3-6)11(8,9)10/h1-4H,(H2,12,13);2-5H,1H3,(H,8,9,10). The van der Waals surface area contributed by atoms with Crippen LogP contribution in [0.25, 0.3) is 11.3 Å². The fourth-order valence-corrected chi connectivity index (χ4v) is 2.84. The number of nitrogens with two attached hydrogens (primary N) is 1. The number of halogens is 2. The molecular weight excluding hydrogens is 370 g/mol. The van der Waals surface area contributed by atoms with Crippen molar-refractivity contribution in [1.29, 1.82) is 0 Å². The van der Waals surface area contributed by atoms with E-state index in [2.05, 4.69) is 4.98 Å². The molecule has 2 aromatic carbocycles. The van der Waals surface area contributed by atoms with Crippen molar-refractivity contribution in [3.8, 4) is 11.3 Å². The van der Waals surface area contributed by atoms with Crippen molar-refractivity contribution in [3.63, 3.8) is 0 Å². The molecule has 3 rings (SSSR count). The maximum absolute atomic E-state index is 12.8. The van der Waals surface area contributed by atoms with Gasteiger partial charge in [-0.25, -0.2) is 13.8 Å². The van der Waals surface area contributed by atoms with E-state index in [0.717, 1.165) is 17.7 Å². The normalized spacial score (nSPS) is 10.9. The lowest BCUT2D eigenvalue weighted by Crippen LogP contribution is -1.96. The van der Waals surface area contributed by atoms with E-state index in [0.29, 0.717) is 16.4 Å². The maximum Gasteiger partial charge on any atom is 0.294 e. The first-order valence-electron chi connectivity index (χ1n) is 6.87. The molecule has 0 unspecified atom stereocenters. The predicted octanol–water partition coefficient (Wildman–Crippen LogP) is 3.91. The number of nitrogen functional groups attached to an aromatic ring is 1. The third kappa shape index (κ3) is 5.31. The zero-order valence-electron chi connectivity index (χ0n) is 13.0.